The summed E-state index contributed by atoms with van der Waals surface area (Å²) >= 11 is 4.84. The quantitative estimate of drug-likeness (QED) is 0.656. The van der Waals surface area contributed by atoms with Crippen molar-refractivity contribution in [2.75, 3.05) is 0 Å². The summed E-state index contributed by atoms with van der Waals surface area (Å²) in [6, 6.07) is 15.6. The first-order valence-corrected chi connectivity index (χ1v) is 8.83. The van der Waals surface area contributed by atoms with Gasteiger partial charge in [-0.3, -0.25) is 4.79 Å². The predicted octanol–water partition coefficient (Wildman–Crippen LogP) is 4.41. The van der Waals surface area contributed by atoms with E-state index in [0.717, 1.165) is 4.47 Å². The van der Waals surface area contributed by atoms with Gasteiger partial charge in [0.25, 0.3) is 5.91 Å². The summed E-state index contributed by atoms with van der Waals surface area (Å²) in [7, 11) is 0. The molecule has 116 valence electrons. The van der Waals surface area contributed by atoms with E-state index >= 15 is 0 Å². The normalized spacial score (nSPS) is 11.7. The molecule has 1 heterocycles. The number of hydrogen-bond acceptors (Lipinski definition) is 2. The number of carbonyl (C=O) groups is 1. The first kappa shape index (κ1) is 15.9. The van der Waals surface area contributed by atoms with Crippen LogP contribution in [0.2, 0.25) is 0 Å². The molecule has 1 amide bonds. The summed E-state index contributed by atoms with van der Waals surface area (Å²) in [5, 5.41) is 1.95. The topological polar surface area (TPSA) is 34.4 Å². The Bertz CT molecular complexity index is 894. The molecule has 0 saturated heterocycles. The Morgan fingerprint density at radius 3 is 2.74 bits per heavy atom. The van der Waals surface area contributed by atoms with Crippen LogP contribution in [0.25, 0.3) is 0 Å². The molecule has 0 aliphatic carbocycles. The minimum atomic E-state index is -0.230. The first-order chi connectivity index (χ1) is 11.1. The van der Waals surface area contributed by atoms with E-state index in [1.54, 1.807) is 12.1 Å². The molecule has 23 heavy (non-hydrogen) atoms. The van der Waals surface area contributed by atoms with Crippen LogP contribution in [-0.4, -0.2) is 10.5 Å². The fourth-order valence-electron chi connectivity index (χ4n) is 2.17. The number of thiazole rings is 1. The van der Waals surface area contributed by atoms with E-state index in [9.17, 15) is 4.79 Å². The number of amides is 1. The molecule has 0 aliphatic rings. The van der Waals surface area contributed by atoms with Crippen molar-refractivity contribution in [1.82, 2.24) is 4.57 Å². The lowest BCUT2D eigenvalue weighted by atomic mass is 10.1. The molecular formula is C18H15BrN2OS. The van der Waals surface area contributed by atoms with Crippen LogP contribution >= 0.6 is 27.3 Å². The zero-order chi connectivity index (χ0) is 16.2. The van der Waals surface area contributed by atoms with E-state index in [-0.39, 0.29) is 5.91 Å². The van der Waals surface area contributed by atoms with Gasteiger partial charge in [-0.2, -0.15) is 4.99 Å². The van der Waals surface area contributed by atoms with Crippen LogP contribution in [0, 0.1) is 6.92 Å². The molecule has 0 spiro atoms. The number of rotatable bonds is 3. The van der Waals surface area contributed by atoms with Crippen LogP contribution in [0.15, 0.2) is 69.6 Å². The summed E-state index contributed by atoms with van der Waals surface area (Å²) in [6.07, 6.45) is 1.96. The Morgan fingerprint density at radius 2 is 2.00 bits per heavy atom. The smallest absolute Gasteiger partial charge is 0.279 e. The summed E-state index contributed by atoms with van der Waals surface area (Å²) in [5.74, 6) is -0.230. The van der Waals surface area contributed by atoms with Crippen LogP contribution < -0.4 is 4.80 Å². The molecule has 1 aromatic heterocycles. The Balaban J connectivity index is 1.88. The van der Waals surface area contributed by atoms with E-state index in [1.165, 1.54) is 22.5 Å². The van der Waals surface area contributed by atoms with E-state index in [4.69, 9.17) is 0 Å². The lowest BCUT2D eigenvalue weighted by molar-refractivity contribution is 0.0997. The molecule has 3 aromatic rings. The lowest BCUT2D eigenvalue weighted by Crippen LogP contribution is -2.17. The molecule has 0 atom stereocenters. The Hall–Kier alpha value is -1.98. The number of hydrogen-bond donors (Lipinski definition) is 0. The molecule has 0 saturated carbocycles. The maximum absolute atomic E-state index is 12.3. The summed E-state index contributed by atoms with van der Waals surface area (Å²) in [4.78, 5) is 17.3. The fourth-order valence-corrected chi connectivity index (χ4v) is 3.30. The van der Waals surface area contributed by atoms with E-state index < -0.39 is 0 Å². The third kappa shape index (κ3) is 4.06. The molecule has 3 nitrogen and oxygen atoms in total. The summed E-state index contributed by atoms with van der Waals surface area (Å²) in [6.45, 7) is 2.77. The molecule has 0 bridgehead atoms. The fraction of sp³-hybridized carbons (Fsp3) is 0.111. The van der Waals surface area contributed by atoms with Gasteiger partial charge in [0.15, 0.2) is 4.80 Å². The summed E-state index contributed by atoms with van der Waals surface area (Å²) < 4.78 is 2.86. The van der Waals surface area contributed by atoms with Crippen molar-refractivity contribution in [1.29, 1.82) is 0 Å². The average Bonchev–Trinajstić information content (AvgIpc) is 2.96. The second-order valence-electron chi connectivity index (χ2n) is 5.23. The van der Waals surface area contributed by atoms with Gasteiger partial charge >= 0.3 is 0 Å². The molecule has 0 N–H and O–H groups in total. The molecule has 3 rings (SSSR count). The van der Waals surface area contributed by atoms with Crippen molar-refractivity contribution < 1.29 is 4.79 Å². The van der Waals surface area contributed by atoms with Crippen molar-refractivity contribution in [3.63, 3.8) is 0 Å². The highest BCUT2D eigenvalue weighted by Crippen LogP contribution is 2.12. The maximum Gasteiger partial charge on any atom is 0.279 e. The average molecular weight is 387 g/mol. The zero-order valence-corrected chi connectivity index (χ0v) is 15.0. The van der Waals surface area contributed by atoms with Gasteiger partial charge in [0, 0.05) is 28.2 Å². The highest BCUT2D eigenvalue weighted by atomic mass is 79.9. The van der Waals surface area contributed by atoms with Crippen molar-refractivity contribution in [2.24, 2.45) is 4.99 Å². The van der Waals surface area contributed by atoms with E-state index in [2.05, 4.69) is 52.1 Å². The standard InChI is InChI=1S/C18H15BrN2OS/c1-13-5-7-14(8-6-13)12-21-9-10-23-18(21)20-17(22)15-3-2-4-16(19)11-15/h2-11H,12H2,1H3. The van der Waals surface area contributed by atoms with Crippen LogP contribution in [0.5, 0.6) is 0 Å². The van der Waals surface area contributed by atoms with Gasteiger partial charge in [-0.15, -0.1) is 11.3 Å². The van der Waals surface area contributed by atoms with Gasteiger partial charge in [-0.25, -0.2) is 0 Å². The lowest BCUT2D eigenvalue weighted by Gasteiger charge is -2.04. The molecule has 2 aromatic carbocycles. The van der Waals surface area contributed by atoms with Crippen molar-refractivity contribution in [3.05, 3.63) is 86.1 Å². The van der Waals surface area contributed by atoms with Crippen molar-refractivity contribution in [3.8, 4) is 0 Å². The zero-order valence-electron chi connectivity index (χ0n) is 12.6. The van der Waals surface area contributed by atoms with Crippen LogP contribution in [0.1, 0.15) is 21.5 Å². The third-order valence-corrected chi connectivity index (χ3v) is 4.69. The number of nitrogens with zero attached hydrogens (tertiary/aromatic N) is 2. The van der Waals surface area contributed by atoms with Gasteiger partial charge < -0.3 is 4.57 Å². The van der Waals surface area contributed by atoms with Gasteiger partial charge in [0.1, 0.15) is 0 Å². The second-order valence-corrected chi connectivity index (χ2v) is 7.02. The molecule has 0 fully saturated rings. The van der Waals surface area contributed by atoms with Crippen molar-refractivity contribution >= 4 is 33.2 Å². The van der Waals surface area contributed by atoms with E-state index in [0.29, 0.717) is 16.9 Å². The first-order valence-electron chi connectivity index (χ1n) is 7.16. The van der Waals surface area contributed by atoms with E-state index in [1.807, 2.05) is 28.3 Å². The highest BCUT2D eigenvalue weighted by Gasteiger charge is 2.06. The Morgan fingerprint density at radius 1 is 1.22 bits per heavy atom. The van der Waals surface area contributed by atoms with Crippen LogP contribution in [0.3, 0.4) is 0 Å². The van der Waals surface area contributed by atoms with Gasteiger partial charge in [-0.1, -0.05) is 51.8 Å². The number of halogens is 1. The molecular weight excluding hydrogens is 372 g/mol. The minimum Gasteiger partial charge on any atom is -0.319 e. The Labute approximate surface area is 147 Å². The molecule has 5 heteroatoms. The molecule has 0 radical (unpaired) electrons. The van der Waals surface area contributed by atoms with Crippen LogP contribution in [0.4, 0.5) is 0 Å². The maximum atomic E-state index is 12.3. The monoisotopic (exact) mass is 386 g/mol. The van der Waals surface area contributed by atoms with Gasteiger partial charge in [-0.05, 0) is 30.7 Å². The van der Waals surface area contributed by atoms with Gasteiger partial charge in [0.2, 0.25) is 0 Å². The highest BCUT2D eigenvalue weighted by molar-refractivity contribution is 9.10. The molecule has 0 unspecified atom stereocenters. The largest absolute Gasteiger partial charge is 0.319 e. The summed E-state index contributed by atoms with van der Waals surface area (Å²) in [5.41, 5.74) is 3.00. The molecule has 0 aliphatic heterocycles. The predicted molar refractivity (Wildman–Crippen MR) is 96.6 cm³/mol. The number of benzene rings is 2. The SMILES string of the molecule is Cc1ccc(Cn2ccsc2=NC(=O)c2cccc(Br)c2)cc1. The van der Waals surface area contributed by atoms with Crippen molar-refractivity contribution in [2.45, 2.75) is 13.5 Å². The third-order valence-electron chi connectivity index (χ3n) is 3.40. The van der Waals surface area contributed by atoms with Crippen LogP contribution in [-0.2, 0) is 6.54 Å². The minimum absolute atomic E-state index is 0.230. The second kappa shape index (κ2) is 7.06. The number of carbonyl (C=O) groups excluding carboxylic acids is 1. The van der Waals surface area contributed by atoms with Gasteiger partial charge in [0.05, 0.1) is 0 Å². The number of aryl methyl sites for hydroxylation is 1. The Kier molecular flexibility index (Phi) is 4.88. The number of aromatic nitrogens is 1.